The zero-order chi connectivity index (χ0) is 7.56. The van der Waals surface area contributed by atoms with Gasteiger partial charge < -0.3 is 0 Å². The summed E-state index contributed by atoms with van der Waals surface area (Å²) in [5.41, 5.74) is 0.758. The second-order valence-electron chi connectivity index (χ2n) is 2.09. The van der Waals surface area contributed by atoms with Crippen LogP contribution in [0.15, 0.2) is 24.3 Å². The van der Waals surface area contributed by atoms with Crippen molar-refractivity contribution >= 4 is 13.4 Å². The second kappa shape index (κ2) is 2.98. The Morgan fingerprint density at radius 1 is 1.40 bits per heavy atom. The molecule has 1 nitrogen and oxygen atoms in total. The van der Waals surface area contributed by atoms with E-state index < -0.39 is 8.11 Å². The fourth-order valence-electron chi connectivity index (χ4n) is 0.793. The standard InChI is InChI=1S/C7H8FOP/c1-6-4-2-3-5-7(6)10(8)9/h2-5,10H,1H3. The first kappa shape index (κ1) is 7.49. The smallest absolute Gasteiger partial charge is 0.261 e. The van der Waals surface area contributed by atoms with Gasteiger partial charge >= 0.3 is 0 Å². The molecule has 0 aromatic heterocycles. The van der Waals surface area contributed by atoms with Gasteiger partial charge in [-0.15, -0.1) is 0 Å². The van der Waals surface area contributed by atoms with E-state index in [2.05, 4.69) is 0 Å². The van der Waals surface area contributed by atoms with E-state index in [1.807, 2.05) is 0 Å². The zero-order valence-electron chi connectivity index (χ0n) is 5.60. The summed E-state index contributed by atoms with van der Waals surface area (Å²) in [7, 11) is -2.99. The van der Waals surface area contributed by atoms with E-state index in [-0.39, 0.29) is 0 Å². The van der Waals surface area contributed by atoms with Crippen LogP contribution in [0.4, 0.5) is 4.20 Å². The van der Waals surface area contributed by atoms with Crippen LogP contribution < -0.4 is 5.30 Å². The van der Waals surface area contributed by atoms with E-state index in [1.54, 1.807) is 31.2 Å². The molecule has 1 aromatic carbocycles. The third-order valence-corrected chi connectivity index (χ3v) is 2.34. The van der Waals surface area contributed by atoms with Crippen LogP contribution in [0.2, 0.25) is 0 Å². The summed E-state index contributed by atoms with van der Waals surface area (Å²) >= 11 is 0. The molecule has 0 N–H and O–H groups in total. The van der Waals surface area contributed by atoms with Crippen LogP contribution in [0.25, 0.3) is 0 Å². The Morgan fingerprint density at radius 2 is 2.00 bits per heavy atom. The van der Waals surface area contributed by atoms with Gasteiger partial charge in [0.05, 0.1) is 0 Å². The van der Waals surface area contributed by atoms with Crippen LogP contribution in [0, 0.1) is 6.92 Å². The molecule has 0 heterocycles. The molecule has 0 bridgehead atoms. The van der Waals surface area contributed by atoms with E-state index in [1.165, 1.54) is 0 Å². The Balaban J connectivity index is 3.15. The lowest BCUT2D eigenvalue weighted by Gasteiger charge is -1.96. The number of rotatable bonds is 1. The maximum atomic E-state index is 12.2. The Morgan fingerprint density at radius 3 is 2.40 bits per heavy atom. The molecule has 0 amide bonds. The van der Waals surface area contributed by atoms with E-state index in [0.717, 1.165) is 5.56 Å². The quantitative estimate of drug-likeness (QED) is 0.572. The molecule has 1 unspecified atom stereocenters. The molecule has 10 heavy (non-hydrogen) atoms. The van der Waals surface area contributed by atoms with Gasteiger partial charge in [-0.1, -0.05) is 18.2 Å². The lowest BCUT2D eigenvalue weighted by atomic mass is 10.2. The van der Waals surface area contributed by atoms with Crippen molar-refractivity contribution in [2.24, 2.45) is 0 Å². The van der Waals surface area contributed by atoms with Crippen molar-refractivity contribution in [3.05, 3.63) is 29.8 Å². The van der Waals surface area contributed by atoms with E-state index in [0.29, 0.717) is 5.30 Å². The molecule has 1 atom stereocenters. The van der Waals surface area contributed by atoms with Crippen molar-refractivity contribution < 1.29 is 8.76 Å². The summed E-state index contributed by atoms with van der Waals surface area (Å²) in [6.45, 7) is 1.75. The first-order valence-electron chi connectivity index (χ1n) is 2.97. The molecule has 1 aromatic rings. The van der Waals surface area contributed by atoms with Crippen LogP contribution >= 0.6 is 8.11 Å². The van der Waals surface area contributed by atoms with Crippen molar-refractivity contribution in [3.63, 3.8) is 0 Å². The van der Waals surface area contributed by atoms with Crippen molar-refractivity contribution in [2.75, 3.05) is 0 Å². The lowest BCUT2D eigenvalue weighted by Crippen LogP contribution is -1.97. The molecule has 0 saturated carbocycles. The molecule has 1 rings (SSSR count). The summed E-state index contributed by atoms with van der Waals surface area (Å²) in [5, 5.41) is 0.340. The van der Waals surface area contributed by atoms with Gasteiger partial charge in [0.1, 0.15) is 0 Å². The number of hydrogen-bond donors (Lipinski definition) is 0. The molecule has 0 aliphatic heterocycles. The van der Waals surface area contributed by atoms with E-state index >= 15 is 0 Å². The molecule has 3 heteroatoms. The highest BCUT2D eigenvalue weighted by atomic mass is 31.1. The molecule has 54 valence electrons. The van der Waals surface area contributed by atoms with Crippen LogP contribution in [0.5, 0.6) is 0 Å². The number of aryl methyl sites for hydroxylation is 1. The van der Waals surface area contributed by atoms with Crippen molar-refractivity contribution in [1.29, 1.82) is 0 Å². The minimum absolute atomic E-state index is 0.340. The Kier molecular flexibility index (Phi) is 2.23. The second-order valence-corrected chi connectivity index (χ2v) is 3.17. The maximum Gasteiger partial charge on any atom is 0.261 e. The van der Waals surface area contributed by atoms with Crippen LogP contribution in [-0.2, 0) is 4.57 Å². The number of benzene rings is 1. The zero-order valence-corrected chi connectivity index (χ0v) is 6.60. The minimum atomic E-state index is -2.99. The van der Waals surface area contributed by atoms with E-state index in [9.17, 15) is 8.76 Å². The predicted octanol–water partition coefficient (Wildman–Crippen LogP) is 2.06. The fraction of sp³-hybridized carbons (Fsp3) is 0.143. The third-order valence-electron chi connectivity index (χ3n) is 1.36. The monoisotopic (exact) mass is 158 g/mol. The Hall–Kier alpha value is -0.620. The summed E-state index contributed by atoms with van der Waals surface area (Å²) in [6, 6.07) is 6.78. The molecular weight excluding hydrogens is 150 g/mol. The van der Waals surface area contributed by atoms with E-state index in [4.69, 9.17) is 0 Å². The van der Waals surface area contributed by atoms with Gasteiger partial charge in [0.2, 0.25) is 0 Å². The number of halogens is 1. The number of hydrogen-bond acceptors (Lipinski definition) is 1. The van der Waals surface area contributed by atoms with Gasteiger partial charge in [-0.3, -0.25) is 4.57 Å². The topological polar surface area (TPSA) is 17.1 Å². The summed E-state index contributed by atoms with van der Waals surface area (Å²) in [6.07, 6.45) is 0. The van der Waals surface area contributed by atoms with Gasteiger partial charge in [-0.25, -0.2) is 0 Å². The van der Waals surface area contributed by atoms with Gasteiger partial charge in [-0.05, 0) is 18.6 Å². The van der Waals surface area contributed by atoms with Gasteiger partial charge in [0.25, 0.3) is 8.11 Å². The molecule has 0 aliphatic carbocycles. The summed E-state index contributed by atoms with van der Waals surface area (Å²) in [5.74, 6) is 0. The molecule has 0 saturated heterocycles. The minimum Gasteiger partial charge on any atom is -0.286 e. The van der Waals surface area contributed by atoms with Crippen molar-refractivity contribution in [1.82, 2.24) is 0 Å². The molecule has 0 spiro atoms. The highest BCUT2D eigenvalue weighted by Gasteiger charge is 2.01. The average Bonchev–Trinajstić information content (AvgIpc) is 1.88. The SMILES string of the molecule is Cc1ccccc1[PH](=O)F. The van der Waals surface area contributed by atoms with Gasteiger partial charge in [0, 0.05) is 5.30 Å². The van der Waals surface area contributed by atoms with Crippen LogP contribution in [0.1, 0.15) is 5.56 Å². The lowest BCUT2D eigenvalue weighted by molar-refractivity contribution is 0.567. The Bertz CT molecular complexity index is 260. The predicted molar refractivity (Wildman–Crippen MR) is 40.9 cm³/mol. The normalized spacial score (nSPS) is 13.0. The largest absolute Gasteiger partial charge is 0.286 e. The highest BCUT2D eigenvalue weighted by molar-refractivity contribution is 7.48. The van der Waals surface area contributed by atoms with Crippen LogP contribution in [-0.4, -0.2) is 0 Å². The van der Waals surface area contributed by atoms with Gasteiger partial charge in [0.15, 0.2) is 0 Å². The van der Waals surface area contributed by atoms with Gasteiger partial charge in [-0.2, -0.15) is 4.20 Å². The summed E-state index contributed by atoms with van der Waals surface area (Å²) < 4.78 is 22.6. The Labute approximate surface area is 59.8 Å². The maximum absolute atomic E-state index is 12.2. The highest BCUT2D eigenvalue weighted by Crippen LogP contribution is 2.21. The molecule has 0 fully saturated rings. The first-order chi connectivity index (χ1) is 4.72. The molecule has 0 aliphatic rings. The van der Waals surface area contributed by atoms with Crippen LogP contribution in [0.3, 0.4) is 0 Å². The van der Waals surface area contributed by atoms with Crippen molar-refractivity contribution in [3.8, 4) is 0 Å². The molecule has 0 radical (unpaired) electrons. The summed E-state index contributed by atoms with van der Waals surface area (Å²) in [4.78, 5) is 0. The van der Waals surface area contributed by atoms with Crippen molar-refractivity contribution in [2.45, 2.75) is 6.92 Å². The third kappa shape index (κ3) is 1.45. The molecular formula is C7H8FOP. The fourth-order valence-corrected chi connectivity index (χ4v) is 1.41. The first-order valence-corrected chi connectivity index (χ1v) is 4.26. The average molecular weight is 158 g/mol.